The fourth-order valence-corrected chi connectivity index (χ4v) is 4.98. The number of carbonyl (C=O) groups is 1. The minimum Gasteiger partial charge on any atom is -0.495 e. The van der Waals surface area contributed by atoms with E-state index in [0.717, 1.165) is 10.9 Å². The highest BCUT2D eigenvalue weighted by Gasteiger charge is 2.26. The van der Waals surface area contributed by atoms with Crippen LogP contribution in [0.4, 0.5) is 5.69 Å². The molecule has 2 aromatic carbocycles. The van der Waals surface area contributed by atoms with Gasteiger partial charge in [-0.05, 0) is 69.7 Å². The quantitative estimate of drug-likeness (QED) is 0.223. The van der Waals surface area contributed by atoms with Crippen molar-refractivity contribution in [2.24, 2.45) is 7.05 Å². The smallest absolute Gasteiger partial charge is 0.258 e. The summed E-state index contributed by atoms with van der Waals surface area (Å²) in [6.45, 7) is 7.76. The number of amides is 1. The highest BCUT2D eigenvalue weighted by Crippen LogP contribution is 2.38. The number of ether oxygens (including phenoxy) is 2. The molecule has 1 N–H and O–H groups in total. The molecule has 0 saturated carbocycles. The number of hydrogen-bond donors (Lipinski definition) is 1. The first-order valence-corrected chi connectivity index (χ1v) is 14.1. The lowest BCUT2D eigenvalue weighted by atomic mass is 9.99. The average Bonchev–Trinajstić information content (AvgIpc) is 3.54. The lowest BCUT2D eigenvalue weighted by Gasteiger charge is -2.24. The molecule has 0 spiro atoms. The molecule has 12 heteroatoms. The van der Waals surface area contributed by atoms with E-state index in [0.29, 0.717) is 39.0 Å². The van der Waals surface area contributed by atoms with E-state index in [4.69, 9.17) is 25.6 Å². The van der Waals surface area contributed by atoms with Crippen molar-refractivity contribution in [1.29, 1.82) is 0 Å². The normalized spacial score (nSPS) is 12.4. The number of carbonyl (C=O) groups excluding carboxylic acids is 1. The molecule has 0 aliphatic rings. The van der Waals surface area contributed by atoms with Gasteiger partial charge in [0.1, 0.15) is 11.8 Å². The number of benzene rings is 2. The second-order valence-electron chi connectivity index (χ2n) is 11.2. The van der Waals surface area contributed by atoms with Gasteiger partial charge in [-0.15, -0.1) is 0 Å². The van der Waals surface area contributed by atoms with E-state index in [1.807, 2.05) is 46.1 Å². The highest BCUT2D eigenvalue weighted by molar-refractivity contribution is 6.31. The van der Waals surface area contributed by atoms with Gasteiger partial charge in [-0.2, -0.15) is 10.1 Å². The van der Waals surface area contributed by atoms with Crippen molar-refractivity contribution in [3.63, 3.8) is 0 Å². The Morgan fingerprint density at radius 2 is 1.88 bits per heavy atom. The van der Waals surface area contributed by atoms with E-state index in [-0.39, 0.29) is 24.8 Å². The number of rotatable bonds is 9. The average molecular weight is 605 g/mol. The summed E-state index contributed by atoms with van der Waals surface area (Å²) < 4.78 is 20.2. The van der Waals surface area contributed by atoms with Crippen LogP contribution in [0.1, 0.15) is 39.1 Å². The molecule has 1 atom stereocenters. The maximum atomic E-state index is 13.8. The molecule has 3 aromatic heterocycles. The number of fused-ring (bicyclic) bond motifs is 1. The number of anilines is 1. The van der Waals surface area contributed by atoms with Crippen molar-refractivity contribution >= 4 is 34.1 Å². The molecule has 0 radical (unpaired) electrons. The number of hydrogen-bond acceptors (Lipinski definition) is 8. The van der Waals surface area contributed by atoms with E-state index in [1.165, 1.54) is 23.9 Å². The van der Waals surface area contributed by atoms with Gasteiger partial charge in [0.05, 0.1) is 24.4 Å². The van der Waals surface area contributed by atoms with Crippen LogP contribution in [-0.2, 0) is 16.6 Å². The SMILES string of the molecule is COc1cn(C(CCOC(C)(C)C)C(=O)Nc2ccc3nn(C)cc3c2)c(=O)cc1-c1cc(Cl)ccc1-c1nc(C)no1. The van der Waals surface area contributed by atoms with Crippen molar-refractivity contribution < 1.29 is 18.8 Å². The Hall–Kier alpha value is -4.48. The predicted molar refractivity (Wildman–Crippen MR) is 164 cm³/mol. The first kappa shape index (κ1) is 30.0. The molecular formula is C31H33ClN6O5. The molecule has 224 valence electrons. The second kappa shape index (κ2) is 12.0. The Bertz CT molecular complexity index is 1850. The maximum absolute atomic E-state index is 13.8. The second-order valence-corrected chi connectivity index (χ2v) is 11.6. The molecule has 1 amide bonds. The van der Waals surface area contributed by atoms with Gasteiger partial charge in [-0.3, -0.25) is 18.8 Å². The van der Waals surface area contributed by atoms with Gasteiger partial charge in [0, 0.05) is 59.6 Å². The molecule has 1 unspecified atom stereocenters. The molecule has 0 aliphatic carbocycles. The van der Waals surface area contributed by atoms with Gasteiger partial charge in [0.15, 0.2) is 5.82 Å². The summed E-state index contributed by atoms with van der Waals surface area (Å²) in [6.07, 6.45) is 3.64. The standard InChI is InChI=1S/C31H33ClN6O5/c1-18-33-30(43-36-18)22-9-7-20(32)14-23(22)24-15-28(39)38(17-27(24)41-6)26(11-12-42-31(2,3)4)29(40)34-21-8-10-25-19(13-21)16-37(5)35-25/h7-10,13-17,26H,11-12H2,1-6H3,(H,34,40). The highest BCUT2D eigenvalue weighted by atomic mass is 35.5. The largest absolute Gasteiger partial charge is 0.495 e. The van der Waals surface area contributed by atoms with Crippen molar-refractivity contribution in [3.8, 4) is 28.3 Å². The van der Waals surface area contributed by atoms with Crippen LogP contribution in [0.2, 0.25) is 5.02 Å². The van der Waals surface area contributed by atoms with Crippen molar-refractivity contribution in [2.45, 2.75) is 45.8 Å². The van der Waals surface area contributed by atoms with Gasteiger partial charge < -0.3 is 19.3 Å². The molecule has 5 aromatic rings. The Labute approximate surface area is 253 Å². The fourth-order valence-electron chi connectivity index (χ4n) is 4.80. The number of pyridine rings is 1. The third kappa shape index (κ3) is 6.79. The lowest BCUT2D eigenvalue weighted by Crippen LogP contribution is -2.34. The van der Waals surface area contributed by atoms with E-state index < -0.39 is 17.2 Å². The summed E-state index contributed by atoms with van der Waals surface area (Å²) in [7, 11) is 3.33. The fraction of sp³-hybridized carbons (Fsp3) is 0.323. The van der Waals surface area contributed by atoms with Crippen molar-refractivity contribution in [2.75, 3.05) is 19.0 Å². The van der Waals surface area contributed by atoms with Crippen LogP contribution in [0.25, 0.3) is 33.5 Å². The van der Waals surface area contributed by atoms with Crippen molar-refractivity contribution in [1.82, 2.24) is 24.5 Å². The molecule has 11 nitrogen and oxygen atoms in total. The topological polar surface area (TPSA) is 126 Å². The van der Waals surface area contributed by atoms with Gasteiger partial charge in [-0.25, -0.2) is 0 Å². The number of aromatic nitrogens is 5. The molecule has 3 heterocycles. The maximum Gasteiger partial charge on any atom is 0.258 e. The molecule has 5 rings (SSSR count). The van der Waals surface area contributed by atoms with Crippen LogP contribution in [-0.4, -0.2) is 49.7 Å². The molecule has 0 fully saturated rings. The van der Waals surface area contributed by atoms with Crippen LogP contribution in [0.3, 0.4) is 0 Å². The third-order valence-corrected chi connectivity index (χ3v) is 6.98. The monoisotopic (exact) mass is 604 g/mol. The molecule has 0 saturated heterocycles. The predicted octanol–water partition coefficient (Wildman–Crippen LogP) is 5.81. The Morgan fingerprint density at radius 1 is 1.09 bits per heavy atom. The van der Waals surface area contributed by atoms with Gasteiger partial charge >= 0.3 is 0 Å². The van der Waals surface area contributed by atoms with E-state index >= 15 is 0 Å². The molecule has 0 aliphatic heterocycles. The van der Waals surface area contributed by atoms with Gasteiger partial charge in [0.2, 0.25) is 5.91 Å². The summed E-state index contributed by atoms with van der Waals surface area (Å²) in [6, 6.07) is 11.1. The van der Waals surface area contributed by atoms with Crippen LogP contribution < -0.4 is 15.6 Å². The zero-order valence-corrected chi connectivity index (χ0v) is 25.6. The summed E-state index contributed by atoms with van der Waals surface area (Å²) in [5, 5.41) is 12.6. The third-order valence-electron chi connectivity index (χ3n) is 6.75. The molecular weight excluding hydrogens is 572 g/mol. The zero-order chi connectivity index (χ0) is 30.9. The minimum atomic E-state index is -0.903. The van der Waals surface area contributed by atoms with Crippen LogP contribution in [0.5, 0.6) is 5.75 Å². The number of nitrogens with one attached hydrogen (secondary N) is 1. The minimum absolute atomic E-state index is 0.240. The van der Waals surface area contributed by atoms with Crippen LogP contribution in [0, 0.1) is 6.92 Å². The first-order chi connectivity index (χ1) is 20.4. The van der Waals surface area contributed by atoms with Crippen molar-refractivity contribution in [3.05, 3.63) is 76.1 Å². The summed E-state index contributed by atoms with van der Waals surface area (Å²) in [5.74, 6) is 0.720. The van der Waals surface area contributed by atoms with Gasteiger partial charge in [0.25, 0.3) is 11.4 Å². The van der Waals surface area contributed by atoms with E-state index in [2.05, 4.69) is 20.6 Å². The Balaban J connectivity index is 1.55. The molecule has 43 heavy (non-hydrogen) atoms. The van der Waals surface area contributed by atoms with E-state index in [9.17, 15) is 9.59 Å². The number of halogens is 1. The van der Waals surface area contributed by atoms with E-state index in [1.54, 1.807) is 35.9 Å². The van der Waals surface area contributed by atoms with Gasteiger partial charge in [-0.1, -0.05) is 16.8 Å². The summed E-state index contributed by atoms with van der Waals surface area (Å²) >= 11 is 6.36. The first-order valence-electron chi connectivity index (χ1n) is 13.7. The lowest BCUT2D eigenvalue weighted by molar-refractivity contribution is -0.120. The summed E-state index contributed by atoms with van der Waals surface area (Å²) in [4.78, 5) is 31.9. The number of nitrogens with zero attached hydrogens (tertiary/aromatic N) is 5. The number of methoxy groups -OCH3 is 1. The summed E-state index contributed by atoms with van der Waals surface area (Å²) in [5.41, 5.74) is 2.17. The Morgan fingerprint density at radius 3 is 2.58 bits per heavy atom. The molecule has 0 bridgehead atoms. The number of aryl methyl sites for hydroxylation is 2. The zero-order valence-electron chi connectivity index (χ0n) is 24.8. The van der Waals surface area contributed by atoms with Crippen LogP contribution >= 0.6 is 11.6 Å². The van der Waals surface area contributed by atoms with Crippen LogP contribution in [0.15, 0.2) is 64.2 Å². The Kier molecular flexibility index (Phi) is 8.38.